The lowest BCUT2D eigenvalue weighted by Crippen LogP contribution is -2.48. The normalized spacial score (nSPS) is 13.5. The quantitative estimate of drug-likeness (QED) is 0.641. The first-order valence-corrected chi connectivity index (χ1v) is 11.2. The molecule has 2 aromatic rings. The molecule has 0 atom stereocenters. The van der Waals surface area contributed by atoms with Crippen LogP contribution in [0.1, 0.15) is 29.3 Å². The van der Waals surface area contributed by atoms with E-state index in [1.807, 2.05) is 36.9 Å². The fourth-order valence-electron chi connectivity index (χ4n) is 3.70. The summed E-state index contributed by atoms with van der Waals surface area (Å²) in [5.74, 6) is 0.334. The van der Waals surface area contributed by atoms with Crippen molar-refractivity contribution >= 4 is 52.1 Å². The van der Waals surface area contributed by atoms with Gasteiger partial charge in [-0.1, -0.05) is 30.7 Å². The Morgan fingerprint density at radius 1 is 1.16 bits per heavy atom. The lowest BCUT2D eigenvalue weighted by Gasteiger charge is -2.36. The number of ether oxygens (including phenoxy) is 1. The van der Waals surface area contributed by atoms with Crippen molar-refractivity contribution in [3.63, 3.8) is 0 Å². The van der Waals surface area contributed by atoms with Gasteiger partial charge >= 0.3 is 0 Å². The van der Waals surface area contributed by atoms with Gasteiger partial charge in [-0.2, -0.15) is 0 Å². The minimum Gasteiger partial charge on any atom is -0.496 e. The summed E-state index contributed by atoms with van der Waals surface area (Å²) in [4.78, 5) is 28.5. The summed E-state index contributed by atoms with van der Waals surface area (Å²) in [7, 11) is 1.53. The first-order valence-electron chi connectivity index (χ1n) is 10.4. The van der Waals surface area contributed by atoms with Crippen molar-refractivity contribution in [3.05, 3.63) is 52.5 Å². The van der Waals surface area contributed by atoms with Gasteiger partial charge in [-0.15, -0.1) is 0 Å². The molecule has 0 radical (unpaired) electrons. The predicted octanol–water partition coefficient (Wildman–Crippen LogP) is 3.84. The number of aryl methyl sites for hydroxylation is 1. The molecule has 9 heteroatoms. The molecule has 0 aliphatic carbocycles. The van der Waals surface area contributed by atoms with E-state index in [0.29, 0.717) is 41.5 Å². The number of para-hydroxylation sites is 1. The lowest BCUT2D eigenvalue weighted by atomic mass is 10.1. The van der Waals surface area contributed by atoms with Gasteiger partial charge in [-0.05, 0) is 49.0 Å². The zero-order chi connectivity index (χ0) is 23.3. The Hall–Kier alpha value is -2.84. The third-order valence-electron chi connectivity index (χ3n) is 5.37. The van der Waals surface area contributed by atoms with Gasteiger partial charge in [0.1, 0.15) is 5.75 Å². The number of piperazine rings is 1. The molecular weight excluding hydrogens is 448 g/mol. The number of hydrogen-bond donors (Lipinski definition) is 2. The number of halogens is 1. The van der Waals surface area contributed by atoms with E-state index >= 15 is 0 Å². The Bertz CT molecular complexity index is 1020. The Balaban J connectivity index is 1.61. The Morgan fingerprint density at radius 2 is 1.88 bits per heavy atom. The van der Waals surface area contributed by atoms with E-state index in [9.17, 15) is 9.59 Å². The summed E-state index contributed by atoms with van der Waals surface area (Å²) in [5, 5.41) is 6.40. The zero-order valence-corrected chi connectivity index (χ0v) is 20.0. The number of thiocarbonyl (C=S) groups is 1. The molecule has 1 aliphatic heterocycles. The minimum atomic E-state index is -0.356. The number of rotatable bonds is 5. The SMILES string of the molecule is CCC(=O)N1CCN(c2ccc(NC(=S)NC(=O)c3cccc(C)c3OC)cc2Cl)CC1. The summed E-state index contributed by atoms with van der Waals surface area (Å²) < 4.78 is 5.34. The van der Waals surface area contributed by atoms with Crippen LogP contribution in [0.4, 0.5) is 11.4 Å². The van der Waals surface area contributed by atoms with E-state index in [-0.39, 0.29) is 16.9 Å². The van der Waals surface area contributed by atoms with E-state index in [1.165, 1.54) is 7.11 Å². The standard InChI is InChI=1S/C23H27ClN4O3S/c1-4-20(29)28-12-10-27(11-13-28)19-9-8-16(14-18(19)24)25-23(32)26-22(30)17-7-5-6-15(2)21(17)31-3/h5-9,14H,4,10-13H2,1-3H3,(H2,25,26,30,32). The fourth-order valence-corrected chi connectivity index (χ4v) is 4.21. The van der Waals surface area contributed by atoms with Crippen molar-refractivity contribution in [1.29, 1.82) is 0 Å². The molecule has 2 N–H and O–H groups in total. The van der Waals surface area contributed by atoms with Crippen LogP contribution in [0.25, 0.3) is 0 Å². The number of anilines is 2. The van der Waals surface area contributed by atoms with Crippen LogP contribution in [0, 0.1) is 6.92 Å². The molecule has 1 fully saturated rings. The molecule has 3 rings (SSSR count). The highest BCUT2D eigenvalue weighted by Gasteiger charge is 2.22. The van der Waals surface area contributed by atoms with Gasteiger partial charge in [0.2, 0.25) is 5.91 Å². The van der Waals surface area contributed by atoms with Crippen molar-refractivity contribution in [3.8, 4) is 5.75 Å². The van der Waals surface area contributed by atoms with Crippen molar-refractivity contribution in [1.82, 2.24) is 10.2 Å². The van der Waals surface area contributed by atoms with E-state index in [0.717, 1.165) is 24.3 Å². The van der Waals surface area contributed by atoms with Crippen molar-refractivity contribution in [2.45, 2.75) is 20.3 Å². The third-order valence-corrected chi connectivity index (χ3v) is 5.88. The van der Waals surface area contributed by atoms with Crippen molar-refractivity contribution in [2.75, 3.05) is 43.5 Å². The zero-order valence-electron chi connectivity index (χ0n) is 18.4. The maximum Gasteiger partial charge on any atom is 0.261 e. The van der Waals surface area contributed by atoms with Gasteiger partial charge in [0.15, 0.2) is 5.11 Å². The molecule has 0 aromatic heterocycles. The van der Waals surface area contributed by atoms with Crippen LogP contribution in [-0.4, -0.2) is 55.1 Å². The number of amides is 2. The van der Waals surface area contributed by atoms with Crippen LogP contribution in [-0.2, 0) is 4.79 Å². The molecule has 0 saturated carbocycles. The number of nitrogens with one attached hydrogen (secondary N) is 2. The molecule has 0 bridgehead atoms. The molecule has 0 unspecified atom stereocenters. The minimum absolute atomic E-state index is 0.161. The summed E-state index contributed by atoms with van der Waals surface area (Å²) in [6.07, 6.45) is 0.522. The fraction of sp³-hybridized carbons (Fsp3) is 0.348. The molecule has 1 aliphatic rings. The van der Waals surface area contributed by atoms with Gasteiger partial charge in [-0.25, -0.2) is 0 Å². The van der Waals surface area contributed by atoms with E-state index in [4.69, 9.17) is 28.6 Å². The first-order chi connectivity index (χ1) is 15.3. The van der Waals surface area contributed by atoms with Crippen LogP contribution in [0.15, 0.2) is 36.4 Å². The summed E-state index contributed by atoms with van der Waals surface area (Å²) >= 11 is 11.8. The van der Waals surface area contributed by atoms with Crippen LogP contribution >= 0.6 is 23.8 Å². The monoisotopic (exact) mass is 474 g/mol. The van der Waals surface area contributed by atoms with Gasteiger partial charge in [0.05, 0.1) is 23.4 Å². The second-order valence-electron chi connectivity index (χ2n) is 7.45. The van der Waals surface area contributed by atoms with Gasteiger partial charge < -0.3 is 19.9 Å². The van der Waals surface area contributed by atoms with Crippen LogP contribution < -0.4 is 20.3 Å². The first kappa shape index (κ1) is 23.8. The average molecular weight is 475 g/mol. The molecule has 170 valence electrons. The second-order valence-corrected chi connectivity index (χ2v) is 8.27. The number of carbonyl (C=O) groups is 2. The van der Waals surface area contributed by atoms with Gasteiger partial charge in [0.25, 0.3) is 5.91 Å². The Kier molecular flexibility index (Phi) is 7.93. The van der Waals surface area contributed by atoms with Gasteiger partial charge in [0, 0.05) is 38.3 Å². The molecule has 1 heterocycles. The highest BCUT2D eigenvalue weighted by atomic mass is 35.5. The number of nitrogens with zero attached hydrogens (tertiary/aromatic N) is 2. The van der Waals surface area contributed by atoms with Crippen LogP contribution in [0.2, 0.25) is 5.02 Å². The van der Waals surface area contributed by atoms with E-state index < -0.39 is 0 Å². The summed E-state index contributed by atoms with van der Waals surface area (Å²) in [6.45, 7) is 6.57. The molecule has 2 aromatic carbocycles. The van der Waals surface area contributed by atoms with Gasteiger partial charge in [-0.3, -0.25) is 14.9 Å². The highest BCUT2D eigenvalue weighted by molar-refractivity contribution is 7.80. The van der Waals surface area contributed by atoms with E-state index in [2.05, 4.69) is 15.5 Å². The number of carbonyl (C=O) groups excluding carboxylic acids is 2. The molecule has 0 spiro atoms. The smallest absolute Gasteiger partial charge is 0.261 e. The second kappa shape index (κ2) is 10.7. The van der Waals surface area contributed by atoms with Crippen molar-refractivity contribution < 1.29 is 14.3 Å². The van der Waals surface area contributed by atoms with Crippen LogP contribution in [0.5, 0.6) is 5.75 Å². The maximum absolute atomic E-state index is 12.6. The number of hydrogen-bond acceptors (Lipinski definition) is 5. The highest BCUT2D eigenvalue weighted by Crippen LogP contribution is 2.30. The molecule has 32 heavy (non-hydrogen) atoms. The molecule has 2 amide bonds. The Labute approximate surface area is 198 Å². The summed E-state index contributed by atoms with van der Waals surface area (Å²) in [5.41, 5.74) is 2.84. The Morgan fingerprint density at radius 3 is 2.50 bits per heavy atom. The van der Waals surface area contributed by atoms with E-state index in [1.54, 1.807) is 18.2 Å². The average Bonchev–Trinajstić information content (AvgIpc) is 2.78. The van der Waals surface area contributed by atoms with Crippen LogP contribution in [0.3, 0.4) is 0 Å². The van der Waals surface area contributed by atoms with Crippen molar-refractivity contribution in [2.24, 2.45) is 0 Å². The predicted molar refractivity (Wildman–Crippen MR) is 132 cm³/mol. The molecule has 7 nitrogen and oxygen atoms in total. The topological polar surface area (TPSA) is 73.9 Å². The molecular formula is C23H27ClN4O3S. The third kappa shape index (κ3) is 5.49. The summed E-state index contributed by atoms with van der Waals surface area (Å²) in [6, 6.07) is 10.9. The molecule has 1 saturated heterocycles. The maximum atomic E-state index is 12.6. The number of benzene rings is 2. The lowest BCUT2D eigenvalue weighted by molar-refractivity contribution is -0.131. The number of methoxy groups -OCH3 is 1. The largest absolute Gasteiger partial charge is 0.496 e.